The average Bonchev–Trinajstić information content (AvgIpc) is 2.42. The summed E-state index contributed by atoms with van der Waals surface area (Å²) in [5.74, 6) is -0.975. The molecule has 2 rings (SSSR count). The monoisotopic (exact) mass is 299 g/mol. The molecule has 1 saturated heterocycles. The Kier molecular flexibility index (Phi) is 5.12. The van der Waals surface area contributed by atoms with E-state index in [1.165, 1.54) is 12.1 Å². The molecule has 0 bridgehead atoms. The molecule has 1 fully saturated rings. The fourth-order valence-electron chi connectivity index (χ4n) is 2.78. The van der Waals surface area contributed by atoms with Gasteiger partial charge in [0.15, 0.2) is 0 Å². The molecular weight excluding hydrogens is 280 g/mol. The quantitative estimate of drug-likeness (QED) is 0.908. The van der Waals surface area contributed by atoms with Gasteiger partial charge in [-0.1, -0.05) is 12.1 Å². The Labute approximate surface area is 122 Å². The summed E-state index contributed by atoms with van der Waals surface area (Å²) in [4.78, 5) is 13.3. The summed E-state index contributed by atoms with van der Waals surface area (Å²) in [7, 11) is 0. The molecule has 0 amide bonds. The van der Waals surface area contributed by atoms with E-state index in [-0.39, 0.29) is 17.7 Å². The lowest BCUT2D eigenvalue weighted by Gasteiger charge is -2.37. The van der Waals surface area contributed by atoms with Crippen molar-refractivity contribution in [3.63, 3.8) is 0 Å². The van der Waals surface area contributed by atoms with Crippen molar-refractivity contribution in [3.8, 4) is 5.75 Å². The highest BCUT2D eigenvalue weighted by Gasteiger charge is 2.32. The van der Waals surface area contributed by atoms with Crippen molar-refractivity contribution in [2.45, 2.75) is 39.0 Å². The zero-order valence-electron chi connectivity index (χ0n) is 11.8. The molecule has 1 aromatic carbocycles. The third kappa shape index (κ3) is 4.14. The molecule has 1 heterocycles. The van der Waals surface area contributed by atoms with E-state index in [2.05, 4.69) is 9.64 Å². The van der Waals surface area contributed by atoms with Crippen molar-refractivity contribution in [3.05, 3.63) is 29.8 Å². The molecule has 0 saturated carbocycles. The summed E-state index contributed by atoms with van der Waals surface area (Å²) in [6.45, 7) is 0.557. The van der Waals surface area contributed by atoms with E-state index in [0.717, 1.165) is 18.5 Å². The van der Waals surface area contributed by atoms with Crippen LogP contribution in [0.4, 0.5) is 8.78 Å². The lowest BCUT2D eigenvalue weighted by molar-refractivity contribution is -0.145. The number of carboxylic acids is 1. The number of ether oxygens (including phenoxy) is 1. The predicted octanol–water partition coefficient (Wildman–Crippen LogP) is 2.97. The van der Waals surface area contributed by atoms with Crippen LogP contribution in [0.1, 0.15) is 25.3 Å². The van der Waals surface area contributed by atoms with Crippen molar-refractivity contribution < 1.29 is 23.4 Å². The van der Waals surface area contributed by atoms with Gasteiger partial charge in [0.1, 0.15) is 5.75 Å². The Hall–Kier alpha value is -1.69. The second kappa shape index (κ2) is 6.85. The van der Waals surface area contributed by atoms with Crippen molar-refractivity contribution in [2.24, 2.45) is 5.92 Å². The third-order valence-electron chi connectivity index (χ3n) is 3.97. The molecule has 116 valence electrons. The smallest absolute Gasteiger partial charge is 0.387 e. The van der Waals surface area contributed by atoms with Crippen molar-refractivity contribution >= 4 is 5.97 Å². The summed E-state index contributed by atoms with van der Waals surface area (Å²) < 4.78 is 28.5. The van der Waals surface area contributed by atoms with Crippen LogP contribution in [-0.4, -0.2) is 35.2 Å². The van der Waals surface area contributed by atoms with Crippen LogP contribution in [0.15, 0.2) is 24.3 Å². The first-order valence-corrected chi connectivity index (χ1v) is 6.98. The molecule has 0 aliphatic carbocycles. The number of likely N-dealkylation sites (tertiary alicyclic amines) is 1. The first-order valence-electron chi connectivity index (χ1n) is 6.98. The molecule has 2 atom stereocenters. The maximum atomic E-state index is 12.1. The van der Waals surface area contributed by atoms with Gasteiger partial charge in [0.25, 0.3) is 0 Å². The van der Waals surface area contributed by atoms with Crippen molar-refractivity contribution in [1.82, 2.24) is 4.90 Å². The van der Waals surface area contributed by atoms with Crippen LogP contribution >= 0.6 is 0 Å². The maximum Gasteiger partial charge on any atom is 0.387 e. The van der Waals surface area contributed by atoms with Crippen LogP contribution in [0, 0.1) is 5.92 Å². The number of benzene rings is 1. The highest BCUT2D eigenvalue weighted by Crippen LogP contribution is 2.26. The van der Waals surface area contributed by atoms with Crippen LogP contribution in [-0.2, 0) is 11.3 Å². The van der Waals surface area contributed by atoms with E-state index in [0.29, 0.717) is 13.0 Å². The summed E-state index contributed by atoms with van der Waals surface area (Å²) in [5, 5.41) is 9.20. The maximum absolute atomic E-state index is 12.1. The number of rotatable bonds is 5. The minimum Gasteiger partial charge on any atom is -0.481 e. The number of aliphatic carboxylic acids is 1. The Morgan fingerprint density at radius 2 is 2.10 bits per heavy atom. The molecule has 0 unspecified atom stereocenters. The number of hydrogen-bond donors (Lipinski definition) is 1. The Morgan fingerprint density at radius 3 is 2.67 bits per heavy atom. The molecule has 6 heteroatoms. The second-order valence-electron chi connectivity index (χ2n) is 5.32. The normalized spacial score (nSPS) is 23.2. The largest absolute Gasteiger partial charge is 0.481 e. The minimum atomic E-state index is -2.82. The summed E-state index contributed by atoms with van der Waals surface area (Å²) in [6, 6.07) is 6.44. The number of piperidine rings is 1. The molecule has 1 aliphatic rings. The molecular formula is C15H19F2NO3. The van der Waals surface area contributed by atoms with E-state index < -0.39 is 12.6 Å². The van der Waals surface area contributed by atoms with Gasteiger partial charge in [0, 0.05) is 12.6 Å². The lowest BCUT2D eigenvalue weighted by atomic mass is 9.90. The second-order valence-corrected chi connectivity index (χ2v) is 5.32. The highest BCUT2D eigenvalue weighted by molar-refractivity contribution is 5.70. The Bertz CT molecular complexity index is 478. The van der Waals surface area contributed by atoms with Gasteiger partial charge >= 0.3 is 12.6 Å². The van der Waals surface area contributed by atoms with Crippen LogP contribution in [0.5, 0.6) is 5.75 Å². The zero-order valence-corrected chi connectivity index (χ0v) is 11.8. The number of carboxylic acid groups (broad SMARTS) is 1. The molecule has 0 spiro atoms. The van der Waals surface area contributed by atoms with Gasteiger partial charge in [-0.3, -0.25) is 9.69 Å². The lowest BCUT2D eigenvalue weighted by Crippen LogP contribution is -2.45. The van der Waals surface area contributed by atoms with Crippen molar-refractivity contribution in [2.75, 3.05) is 6.54 Å². The highest BCUT2D eigenvalue weighted by atomic mass is 19.3. The SMILES string of the molecule is C[C@@H]1[C@H](C(=O)O)CCCN1Cc1ccc(OC(F)F)cc1. The summed E-state index contributed by atoms with van der Waals surface area (Å²) in [6.07, 6.45) is 1.56. The number of carbonyl (C=O) groups is 1. The van der Waals surface area contributed by atoms with Crippen LogP contribution in [0.25, 0.3) is 0 Å². The molecule has 0 aromatic heterocycles. The number of nitrogens with zero attached hydrogens (tertiary/aromatic N) is 1. The molecule has 1 N–H and O–H groups in total. The van der Waals surface area contributed by atoms with Gasteiger partial charge in [-0.2, -0.15) is 8.78 Å². The van der Waals surface area contributed by atoms with Gasteiger partial charge in [-0.25, -0.2) is 0 Å². The average molecular weight is 299 g/mol. The Balaban J connectivity index is 1.98. The number of hydrogen-bond acceptors (Lipinski definition) is 3. The Morgan fingerprint density at radius 1 is 1.43 bits per heavy atom. The molecule has 1 aromatic rings. The van der Waals surface area contributed by atoms with E-state index >= 15 is 0 Å². The van der Waals surface area contributed by atoms with Gasteiger partial charge in [0.2, 0.25) is 0 Å². The van der Waals surface area contributed by atoms with Gasteiger partial charge in [-0.05, 0) is 44.0 Å². The predicted molar refractivity (Wildman–Crippen MR) is 73.3 cm³/mol. The van der Waals surface area contributed by atoms with Gasteiger partial charge in [-0.15, -0.1) is 0 Å². The van der Waals surface area contributed by atoms with E-state index in [1.807, 2.05) is 6.92 Å². The topological polar surface area (TPSA) is 49.8 Å². The van der Waals surface area contributed by atoms with Gasteiger partial charge in [0.05, 0.1) is 5.92 Å². The summed E-state index contributed by atoms with van der Waals surface area (Å²) in [5.41, 5.74) is 0.953. The molecule has 1 aliphatic heterocycles. The van der Waals surface area contributed by atoms with Gasteiger partial charge < -0.3 is 9.84 Å². The molecule has 0 radical (unpaired) electrons. The first kappa shape index (κ1) is 15.7. The standard InChI is InChI=1S/C15H19F2NO3/c1-10-13(14(19)20)3-2-8-18(10)9-11-4-6-12(7-5-11)21-15(16)17/h4-7,10,13,15H,2-3,8-9H2,1H3,(H,19,20)/t10-,13-/m1/s1. The third-order valence-corrected chi connectivity index (χ3v) is 3.97. The fourth-order valence-corrected chi connectivity index (χ4v) is 2.78. The summed E-state index contributed by atoms with van der Waals surface area (Å²) >= 11 is 0. The number of alkyl halides is 2. The van der Waals surface area contributed by atoms with E-state index in [9.17, 15) is 18.7 Å². The first-order chi connectivity index (χ1) is 9.97. The van der Waals surface area contributed by atoms with Crippen LogP contribution in [0.3, 0.4) is 0 Å². The van der Waals surface area contributed by atoms with Crippen LogP contribution < -0.4 is 4.74 Å². The fraction of sp³-hybridized carbons (Fsp3) is 0.533. The van der Waals surface area contributed by atoms with E-state index in [1.54, 1.807) is 12.1 Å². The van der Waals surface area contributed by atoms with E-state index in [4.69, 9.17) is 0 Å². The minimum absolute atomic E-state index is 0.0340. The molecule has 21 heavy (non-hydrogen) atoms. The van der Waals surface area contributed by atoms with Crippen molar-refractivity contribution in [1.29, 1.82) is 0 Å². The molecule has 4 nitrogen and oxygen atoms in total. The number of halogens is 2. The van der Waals surface area contributed by atoms with Crippen LogP contribution in [0.2, 0.25) is 0 Å². The zero-order chi connectivity index (χ0) is 15.4.